The normalized spacial score (nSPS) is 14.1. The van der Waals surface area contributed by atoms with Gasteiger partial charge in [-0.3, -0.25) is 0 Å². The Kier molecular flexibility index (Phi) is 5.19. The predicted octanol–water partition coefficient (Wildman–Crippen LogP) is 2.60. The monoisotopic (exact) mass is 295 g/mol. The minimum Gasteiger partial charge on any atom is -0.506 e. The van der Waals surface area contributed by atoms with E-state index in [1.54, 1.807) is 6.92 Å². The highest BCUT2D eigenvalue weighted by Crippen LogP contribution is 2.37. The van der Waals surface area contributed by atoms with Crippen LogP contribution in [0.1, 0.15) is 18.5 Å². The molecule has 0 radical (unpaired) electrons. The van der Waals surface area contributed by atoms with Crippen LogP contribution in [-0.4, -0.2) is 23.9 Å². The first-order valence-electron chi connectivity index (χ1n) is 5.13. The van der Waals surface area contributed by atoms with Crippen LogP contribution in [0, 0.1) is 0 Å². The molecular formula is C11H12Cl2FNO3. The number of carbonyl (C=O) groups excluding carboxylic acids is 1. The molecule has 3 N–H and O–H groups in total. The van der Waals surface area contributed by atoms with Crippen LogP contribution in [0.3, 0.4) is 0 Å². The summed E-state index contributed by atoms with van der Waals surface area (Å²) in [7, 11) is 0. The summed E-state index contributed by atoms with van der Waals surface area (Å²) in [6.45, 7) is 1.59. The molecule has 1 aromatic rings. The molecule has 0 saturated carbocycles. The van der Waals surface area contributed by atoms with Crippen LogP contribution < -0.4 is 5.73 Å². The van der Waals surface area contributed by atoms with E-state index in [2.05, 4.69) is 4.74 Å². The molecule has 0 amide bonds. The van der Waals surface area contributed by atoms with E-state index in [0.29, 0.717) is 0 Å². The van der Waals surface area contributed by atoms with E-state index in [1.165, 1.54) is 12.1 Å². The first kappa shape index (κ1) is 15.0. The van der Waals surface area contributed by atoms with E-state index in [-0.39, 0.29) is 22.2 Å². The maximum absolute atomic E-state index is 13.7. The van der Waals surface area contributed by atoms with Gasteiger partial charge >= 0.3 is 5.97 Å². The lowest BCUT2D eigenvalue weighted by molar-refractivity contribution is -0.149. The predicted molar refractivity (Wildman–Crippen MR) is 66.6 cm³/mol. The molecule has 1 unspecified atom stereocenters. The van der Waals surface area contributed by atoms with Crippen molar-refractivity contribution in [3.8, 4) is 5.75 Å². The van der Waals surface area contributed by atoms with Gasteiger partial charge < -0.3 is 15.6 Å². The van der Waals surface area contributed by atoms with Gasteiger partial charge in [0.05, 0.1) is 17.7 Å². The molecule has 2 atom stereocenters. The summed E-state index contributed by atoms with van der Waals surface area (Å²) < 4.78 is 18.2. The first-order valence-corrected chi connectivity index (χ1v) is 5.88. The van der Waals surface area contributed by atoms with Crippen LogP contribution in [0.2, 0.25) is 10.0 Å². The average molecular weight is 296 g/mol. The minimum absolute atomic E-state index is 0.00930. The topological polar surface area (TPSA) is 72.5 Å². The molecule has 0 spiro atoms. The van der Waals surface area contributed by atoms with E-state index in [1.807, 2.05) is 0 Å². The third-order valence-electron chi connectivity index (χ3n) is 2.29. The van der Waals surface area contributed by atoms with Crippen molar-refractivity contribution in [1.29, 1.82) is 0 Å². The molecule has 0 saturated heterocycles. The van der Waals surface area contributed by atoms with E-state index in [9.17, 15) is 14.3 Å². The number of ether oxygens (including phenoxy) is 1. The SMILES string of the molecule is CCOC(=O)C(F)[C@H](N)c1ccc(Cl)c(Cl)c1O. The maximum atomic E-state index is 13.7. The summed E-state index contributed by atoms with van der Waals surface area (Å²) in [5, 5.41) is 9.66. The lowest BCUT2D eigenvalue weighted by Gasteiger charge is -2.17. The van der Waals surface area contributed by atoms with Gasteiger partial charge in [0.15, 0.2) is 0 Å². The summed E-state index contributed by atoms with van der Waals surface area (Å²) in [4.78, 5) is 11.2. The molecule has 0 fully saturated rings. The fourth-order valence-electron chi connectivity index (χ4n) is 1.35. The van der Waals surface area contributed by atoms with Gasteiger partial charge in [-0.05, 0) is 13.0 Å². The number of esters is 1. The standard InChI is InChI=1S/C11H12Cl2FNO3/c1-2-18-11(17)8(14)9(15)5-3-4-6(12)7(13)10(5)16/h3-4,8-9,16H,2,15H2,1H3/t8?,9-/m1/s1. The Balaban J connectivity index is 3.00. The molecule has 1 rings (SSSR count). The lowest BCUT2D eigenvalue weighted by Crippen LogP contribution is -2.31. The van der Waals surface area contributed by atoms with E-state index in [0.717, 1.165) is 0 Å². The van der Waals surface area contributed by atoms with Gasteiger partial charge in [0.25, 0.3) is 0 Å². The number of halogens is 3. The number of phenols is 1. The third-order valence-corrected chi connectivity index (χ3v) is 3.08. The van der Waals surface area contributed by atoms with Crippen molar-refractivity contribution < 1.29 is 19.0 Å². The zero-order valence-corrected chi connectivity index (χ0v) is 11.0. The zero-order chi connectivity index (χ0) is 13.9. The number of hydrogen-bond acceptors (Lipinski definition) is 4. The third kappa shape index (κ3) is 3.04. The van der Waals surface area contributed by atoms with E-state index < -0.39 is 23.9 Å². The van der Waals surface area contributed by atoms with Crippen molar-refractivity contribution in [2.24, 2.45) is 5.73 Å². The second-order valence-corrected chi connectivity index (χ2v) is 4.26. The van der Waals surface area contributed by atoms with Crippen molar-refractivity contribution in [1.82, 2.24) is 0 Å². The van der Waals surface area contributed by atoms with Gasteiger partial charge in [-0.25, -0.2) is 9.18 Å². The Morgan fingerprint density at radius 1 is 1.56 bits per heavy atom. The molecule has 0 heterocycles. The average Bonchev–Trinajstić information content (AvgIpc) is 2.35. The summed E-state index contributed by atoms with van der Waals surface area (Å²) >= 11 is 11.4. The maximum Gasteiger partial charge on any atom is 0.342 e. The molecule has 0 bridgehead atoms. The quantitative estimate of drug-likeness (QED) is 0.838. The zero-order valence-electron chi connectivity index (χ0n) is 9.49. The van der Waals surface area contributed by atoms with Gasteiger partial charge in [0.1, 0.15) is 10.8 Å². The van der Waals surface area contributed by atoms with Crippen molar-refractivity contribution in [2.75, 3.05) is 6.61 Å². The van der Waals surface area contributed by atoms with Crippen LogP contribution >= 0.6 is 23.2 Å². The number of hydrogen-bond donors (Lipinski definition) is 2. The molecule has 0 aliphatic rings. The molecule has 4 nitrogen and oxygen atoms in total. The Morgan fingerprint density at radius 3 is 2.72 bits per heavy atom. The van der Waals surface area contributed by atoms with Crippen molar-refractivity contribution >= 4 is 29.2 Å². The molecule has 0 aromatic heterocycles. The second-order valence-electron chi connectivity index (χ2n) is 3.48. The number of nitrogens with two attached hydrogens (primary N) is 1. The Hall–Kier alpha value is -1.04. The number of alkyl halides is 1. The largest absolute Gasteiger partial charge is 0.506 e. The molecular weight excluding hydrogens is 284 g/mol. The van der Waals surface area contributed by atoms with Gasteiger partial charge in [0.2, 0.25) is 6.17 Å². The summed E-state index contributed by atoms with van der Waals surface area (Å²) in [5.74, 6) is -1.53. The fraction of sp³-hybridized carbons (Fsp3) is 0.364. The van der Waals surface area contributed by atoms with Gasteiger partial charge in [-0.15, -0.1) is 0 Å². The second kappa shape index (κ2) is 6.22. The molecule has 18 heavy (non-hydrogen) atoms. The van der Waals surface area contributed by atoms with Crippen molar-refractivity contribution in [2.45, 2.75) is 19.1 Å². The van der Waals surface area contributed by atoms with Crippen LogP contribution in [-0.2, 0) is 9.53 Å². The molecule has 1 aromatic carbocycles. The number of phenolic OH excluding ortho intramolecular Hbond substituents is 1. The minimum atomic E-state index is -2.09. The highest BCUT2D eigenvalue weighted by Gasteiger charge is 2.30. The van der Waals surface area contributed by atoms with Gasteiger partial charge in [0, 0.05) is 5.56 Å². The lowest BCUT2D eigenvalue weighted by atomic mass is 10.0. The van der Waals surface area contributed by atoms with Crippen molar-refractivity contribution in [3.05, 3.63) is 27.7 Å². The summed E-state index contributed by atoms with van der Waals surface area (Å²) in [6, 6.07) is 1.29. The number of benzene rings is 1. The Labute approximate surface area is 113 Å². The van der Waals surface area contributed by atoms with Crippen LogP contribution in [0.4, 0.5) is 4.39 Å². The van der Waals surface area contributed by atoms with Gasteiger partial charge in [-0.1, -0.05) is 29.3 Å². The number of carbonyl (C=O) groups is 1. The number of aromatic hydroxyl groups is 1. The highest BCUT2D eigenvalue weighted by molar-refractivity contribution is 6.43. The summed E-state index contributed by atoms with van der Waals surface area (Å²) in [6.07, 6.45) is -2.09. The smallest absolute Gasteiger partial charge is 0.342 e. The van der Waals surface area contributed by atoms with Crippen LogP contribution in [0.15, 0.2) is 12.1 Å². The fourth-order valence-corrected chi connectivity index (χ4v) is 1.67. The molecule has 0 aliphatic heterocycles. The van der Waals surface area contributed by atoms with E-state index in [4.69, 9.17) is 28.9 Å². The van der Waals surface area contributed by atoms with Crippen molar-refractivity contribution in [3.63, 3.8) is 0 Å². The van der Waals surface area contributed by atoms with Gasteiger partial charge in [-0.2, -0.15) is 0 Å². The Morgan fingerprint density at radius 2 is 2.17 bits per heavy atom. The van der Waals surface area contributed by atoms with Crippen LogP contribution in [0.5, 0.6) is 5.75 Å². The first-order chi connectivity index (χ1) is 8.40. The molecule has 7 heteroatoms. The molecule has 100 valence electrons. The molecule has 0 aliphatic carbocycles. The van der Waals surface area contributed by atoms with Crippen LogP contribution in [0.25, 0.3) is 0 Å². The highest BCUT2D eigenvalue weighted by atomic mass is 35.5. The summed E-state index contributed by atoms with van der Waals surface area (Å²) in [5.41, 5.74) is 5.54. The van der Waals surface area contributed by atoms with E-state index >= 15 is 0 Å². The number of rotatable bonds is 4. The Bertz CT molecular complexity index is 456.